The average molecular weight is 580 g/mol. The molecule has 43 heavy (non-hydrogen) atoms. The summed E-state index contributed by atoms with van der Waals surface area (Å²) in [5.74, 6) is 1.28. The number of halogens is 1. The molecule has 1 atom stereocenters. The zero-order valence-electron chi connectivity index (χ0n) is 24.0. The Morgan fingerprint density at radius 2 is 1.98 bits per heavy atom. The third-order valence-corrected chi connectivity index (χ3v) is 8.58. The van der Waals surface area contributed by atoms with E-state index in [9.17, 15) is 14.3 Å². The molecule has 1 saturated carbocycles. The molecule has 0 saturated heterocycles. The molecule has 8 heteroatoms. The van der Waals surface area contributed by atoms with Crippen LogP contribution in [-0.4, -0.2) is 46.9 Å². The zero-order chi connectivity index (χ0) is 29.5. The number of methoxy groups -OCH3 is 1. The molecular formula is C35H34FN3O4. The summed E-state index contributed by atoms with van der Waals surface area (Å²) < 4.78 is 28.4. The summed E-state index contributed by atoms with van der Waals surface area (Å²) in [6.07, 6.45) is 5.46. The van der Waals surface area contributed by atoms with E-state index >= 15 is 0 Å². The maximum atomic E-state index is 14.5. The van der Waals surface area contributed by atoms with E-state index in [-0.39, 0.29) is 18.3 Å². The number of amides is 1. The number of ether oxygens (including phenoxy) is 2. The minimum atomic E-state index is -0.511. The third-order valence-electron chi connectivity index (χ3n) is 8.58. The summed E-state index contributed by atoms with van der Waals surface area (Å²) in [4.78, 5) is 17.2. The van der Waals surface area contributed by atoms with Gasteiger partial charge in [0, 0.05) is 40.5 Å². The monoisotopic (exact) mass is 579 g/mol. The van der Waals surface area contributed by atoms with Gasteiger partial charge in [0.2, 0.25) is 0 Å². The SMILES string of the molecule is COc1cc2c(cc1OCC1CC1)-c1cc(C(=O)N[C@@H](CO)Cc3c[nH]c4ccccc34)c(-c3cccc(F)c3)n1CC2. The normalized spacial score (nSPS) is 14.7. The maximum Gasteiger partial charge on any atom is 0.253 e. The molecule has 1 fully saturated rings. The van der Waals surface area contributed by atoms with Crippen LogP contribution in [0.2, 0.25) is 0 Å². The number of carbonyl (C=O) groups is 1. The predicted octanol–water partition coefficient (Wildman–Crippen LogP) is 6.13. The standard InChI is InChI=1S/C35H34FN3O4/c1-42-32-15-22-11-12-39-31(28(22)17-33(32)43-20-21-9-10-21)16-29(34(39)23-5-4-6-25(36)13-23)35(41)38-26(19-40)14-24-18-37-30-8-3-2-7-27(24)30/h2-8,13,15-18,21,26,37,40H,9-12,14,19-20H2,1H3,(H,38,41)/t26-/m1/s1. The highest BCUT2D eigenvalue weighted by atomic mass is 19.1. The van der Waals surface area contributed by atoms with Gasteiger partial charge in [-0.15, -0.1) is 0 Å². The Balaban J connectivity index is 1.26. The molecule has 5 aromatic rings. The molecule has 3 N–H and O–H groups in total. The van der Waals surface area contributed by atoms with Crippen LogP contribution in [0.25, 0.3) is 33.4 Å². The fourth-order valence-corrected chi connectivity index (χ4v) is 6.16. The number of aliphatic hydroxyl groups is 1. The lowest BCUT2D eigenvalue weighted by Crippen LogP contribution is -2.39. The number of nitrogens with one attached hydrogen (secondary N) is 2. The number of para-hydroxylation sites is 1. The van der Waals surface area contributed by atoms with E-state index < -0.39 is 6.04 Å². The minimum absolute atomic E-state index is 0.224. The molecule has 1 amide bonds. The quantitative estimate of drug-likeness (QED) is 0.186. The van der Waals surface area contributed by atoms with E-state index in [0.29, 0.717) is 53.8 Å². The van der Waals surface area contributed by atoms with Crippen LogP contribution in [0.3, 0.4) is 0 Å². The van der Waals surface area contributed by atoms with Gasteiger partial charge in [-0.25, -0.2) is 4.39 Å². The van der Waals surface area contributed by atoms with Crippen molar-refractivity contribution in [2.45, 2.75) is 38.3 Å². The van der Waals surface area contributed by atoms with Crippen molar-refractivity contribution in [3.63, 3.8) is 0 Å². The number of aryl methyl sites for hydroxylation is 1. The number of aliphatic hydroxyl groups excluding tert-OH is 1. The average Bonchev–Trinajstić information content (AvgIpc) is 3.64. The van der Waals surface area contributed by atoms with Crippen LogP contribution in [0.15, 0.2) is 72.9 Å². The highest BCUT2D eigenvalue weighted by Gasteiger charge is 2.29. The maximum absolute atomic E-state index is 14.5. The number of H-pyrrole nitrogens is 1. The van der Waals surface area contributed by atoms with Crippen molar-refractivity contribution < 1.29 is 23.8 Å². The summed E-state index contributed by atoms with van der Waals surface area (Å²) in [7, 11) is 1.65. The first kappa shape index (κ1) is 27.3. The summed E-state index contributed by atoms with van der Waals surface area (Å²) >= 11 is 0. The molecule has 1 aliphatic heterocycles. The number of nitrogens with zero attached hydrogens (tertiary/aromatic N) is 1. The topological polar surface area (TPSA) is 88.5 Å². The number of benzene rings is 3. The van der Waals surface area contributed by atoms with E-state index in [1.54, 1.807) is 13.2 Å². The third kappa shape index (κ3) is 5.27. The first-order valence-electron chi connectivity index (χ1n) is 14.8. The lowest BCUT2D eigenvalue weighted by molar-refractivity contribution is 0.0917. The second-order valence-electron chi connectivity index (χ2n) is 11.5. The Kier molecular flexibility index (Phi) is 7.15. The van der Waals surface area contributed by atoms with Crippen molar-refractivity contribution in [2.24, 2.45) is 5.92 Å². The van der Waals surface area contributed by atoms with Crippen molar-refractivity contribution in [3.05, 3.63) is 95.4 Å². The van der Waals surface area contributed by atoms with Gasteiger partial charge in [-0.05, 0) is 79.1 Å². The zero-order valence-corrected chi connectivity index (χ0v) is 24.0. The number of fused-ring (bicyclic) bond motifs is 4. The summed E-state index contributed by atoms with van der Waals surface area (Å²) in [5.41, 5.74) is 6.65. The predicted molar refractivity (Wildman–Crippen MR) is 164 cm³/mol. The van der Waals surface area contributed by atoms with Gasteiger partial charge in [0.05, 0.1) is 37.6 Å². The van der Waals surface area contributed by atoms with Crippen LogP contribution >= 0.6 is 0 Å². The van der Waals surface area contributed by atoms with Crippen LogP contribution in [-0.2, 0) is 19.4 Å². The van der Waals surface area contributed by atoms with Crippen LogP contribution in [0, 0.1) is 11.7 Å². The largest absolute Gasteiger partial charge is 0.493 e. The lowest BCUT2D eigenvalue weighted by Gasteiger charge is -2.24. The summed E-state index contributed by atoms with van der Waals surface area (Å²) in [6.45, 7) is 1.04. The van der Waals surface area contributed by atoms with Crippen molar-refractivity contribution >= 4 is 16.8 Å². The van der Waals surface area contributed by atoms with E-state index in [1.807, 2.05) is 54.7 Å². The van der Waals surface area contributed by atoms with E-state index in [4.69, 9.17) is 9.47 Å². The highest BCUT2D eigenvalue weighted by molar-refractivity contribution is 6.02. The van der Waals surface area contributed by atoms with Crippen LogP contribution in [0.1, 0.15) is 34.3 Å². The first-order valence-corrected chi connectivity index (χ1v) is 14.8. The van der Waals surface area contributed by atoms with Gasteiger partial charge in [0.1, 0.15) is 5.82 Å². The molecule has 0 spiro atoms. The minimum Gasteiger partial charge on any atom is -0.493 e. The Bertz CT molecular complexity index is 1820. The molecule has 3 heterocycles. The Morgan fingerprint density at radius 3 is 2.77 bits per heavy atom. The number of rotatable bonds is 10. The van der Waals surface area contributed by atoms with Crippen molar-refractivity contribution in [1.29, 1.82) is 0 Å². The Morgan fingerprint density at radius 1 is 1.12 bits per heavy atom. The van der Waals surface area contributed by atoms with Gasteiger partial charge in [0.25, 0.3) is 5.91 Å². The second kappa shape index (κ2) is 11.3. The van der Waals surface area contributed by atoms with E-state index in [1.165, 1.54) is 25.0 Å². The fourth-order valence-electron chi connectivity index (χ4n) is 6.16. The fraction of sp³-hybridized carbons (Fsp3) is 0.286. The van der Waals surface area contributed by atoms with Crippen molar-refractivity contribution in [3.8, 4) is 34.0 Å². The van der Waals surface area contributed by atoms with Crippen LogP contribution in [0.4, 0.5) is 4.39 Å². The van der Waals surface area contributed by atoms with Gasteiger partial charge in [-0.1, -0.05) is 30.3 Å². The highest BCUT2D eigenvalue weighted by Crippen LogP contribution is 2.43. The van der Waals surface area contributed by atoms with Gasteiger partial charge >= 0.3 is 0 Å². The Labute approximate surface area is 249 Å². The Hall–Kier alpha value is -4.56. The second-order valence-corrected chi connectivity index (χ2v) is 11.5. The van der Waals surface area contributed by atoms with Gasteiger partial charge < -0.3 is 29.4 Å². The molecule has 0 radical (unpaired) electrons. The molecule has 2 aromatic heterocycles. The van der Waals surface area contributed by atoms with Crippen molar-refractivity contribution in [2.75, 3.05) is 20.3 Å². The van der Waals surface area contributed by atoms with Gasteiger partial charge in [-0.2, -0.15) is 0 Å². The summed E-state index contributed by atoms with van der Waals surface area (Å²) in [5, 5.41) is 14.4. The van der Waals surface area contributed by atoms with E-state index in [0.717, 1.165) is 39.7 Å². The smallest absolute Gasteiger partial charge is 0.253 e. The number of aromatic amines is 1. The number of aromatic nitrogens is 2. The van der Waals surface area contributed by atoms with Crippen LogP contribution < -0.4 is 14.8 Å². The lowest BCUT2D eigenvalue weighted by atomic mass is 9.97. The number of hydrogen-bond donors (Lipinski definition) is 3. The van der Waals surface area contributed by atoms with E-state index in [2.05, 4.69) is 14.9 Å². The number of hydrogen-bond acceptors (Lipinski definition) is 4. The molecule has 0 bridgehead atoms. The molecule has 220 valence electrons. The molecule has 2 aliphatic rings. The molecular weight excluding hydrogens is 545 g/mol. The van der Waals surface area contributed by atoms with Gasteiger partial charge in [-0.3, -0.25) is 4.79 Å². The van der Waals surface area contributed by atoms with Crippen molar-refractivity contribution in [1.82, 2.24) is 14.9 Å². The molecule has 0 unspecified atom stereocenters. The van der Waals surface area contributed by atoms with Gasteiger partial charge in [0.15, 0.2) is 11.5 Å². The molecule has 7 rings (SSSR count). The number of carbonyl (C=O) groups excluding carboxylic acids is 1. The summed E-state index contributed by atoms with van der Waals surface area (Å²) in [6, 6.07) is 19.7. The molecule has 1 aliphatic carbocycles. The van der Waals surface area contributed by atoms with Crippen LogP contribution in [0.5, 0.6) is 11.5 Å². The molecule has 7 nitrogen and oxygen atoms in total. The molecule has 3 aromatic carbocycles. The first-order chi connectivity index (χ1) is 21.0.